The smallest absolute Gasteiger partial charge is 0.300 e. The lowest BCUT2D eigenvalue weighted by molar-refractivity contribution is -0.142. The zero-order valence-electron chi connectivity index (χ0n) is 8.54. The Balaban J connectivity index is 0. The maximum Gasteiger partial charge on any atom is 0.300 e. The molecule has 76 valence electrons. The highest BCUT2D eigenvalue weighted by Gasteiger charge is 2.34. The minimum atomic E-state index is -1.03. The molecule has 0 aromatic rings. The molecule has 4 heteroatoms. The van der Waals surface area contributed by atoms with E-state index in [0.29, 0.717) is 6.42 Å². The van der Waals surface area contributed by atoms with Gasteiger partial charge in [0, 0.05) is 5.31 Å². The number of carboxylic acids is 1. The van der Waals surface area contributed by atoms with E-state index in [0.717, 1.165) is 12.8 Å². The van der Waals surface area contributed by atoms with E-state index in [1.54, 1.807) is 0 Å². The fourth-order valence-electron chi connectivity index (χ4n) is 1.11. The number of rotatable bonds is 5. The van der Waals surface area contributed by atoms with Gasteiger partial charge < -0.3 is 5.11 Å². The topological polar surface area (TPSA) is 37.3 Å². The van der Waals surface area contributed by atoms with Gasteiger partial charge in [0.2, 0.25) is 0 Å². The Morgan fingerprint density at radius 2 is 2.00 bits per heavy atom. The summed E-state index contributed by atoms with van der Waals surface area (Å²) in [5.41, 5.74) is 0. The molecule has 0 aliphatic heterocycles. The Kier molecular flexibility index (Phi) is 7.42. The molecule has 0 aliphatic carbocycles. The van der Waals surface area contributed by atoms with Crippen LogP contribution >= 0.6 is 12.4 Å². The fraction of sp³-hybridized carbons (Fsp3) is 0.889. The van der Waals surface area contributed by atoms with Crippen LogP contribution in [-0.4, -0.2) is 18.9 Å². The van der Waals surface area contributed by atoms with Crippen LogP contribution in [0.1, 0.15) is 40.0 Å². The first kappa shape index (κ1) is 15.3. The van der Waals surface area contributed by atoms with Crippen LogP contribution in [0.3, 0.4) is 0 Å². The normalized spacial score (nSPS) is 14.8. The molecule has 0 fully saturated rings. The molecule has 0 saturated carbocycles. The lowest BCUT2D eigenvalue weighted by atomic mass is 9.59. The molecule has 0 bridgehead atoms. The molecule has 0 amide bonds. The van der Waals surface area contributed by atoms with Crippen molar-refractivity contribution in [3.8, 4) is 0 Å². The summed E-state index contributed by atoms with van der Waals surface area (Å²) in [6.07, 6.45) is 2.43. The van der Waals surface area contributed by atoms with Crippen molar-refractivity contribution >= 4 is 26.2 Å². The first-order valence-electron chi connectivity index (χ1n) is 4.47. The second-order valence-electron chi connectivity index (χ2n) is 3.60. The minimum Gasteiger partial charge on any atom is -0.481 e. The molecule has 1 N–H and O–H groups in total. The van der Waals surface area contributed by atoms with Gasteiger partial charge >= 0.3 is 5.97 Å². The second-order valence-corrected chi connectivity index (χ2v) is 3.60. The van der Waals surface area contributed by atoms with Gasteiger partial charge in [0.15, 0.2) is 0 Å². The van der Waals surface area contributed by atoms with Crippen molar-refractivity contribution in [2.24, 2.45) is 5.92 Å². The molecule has 13 heavy (non-hydrogen) atoms. The number of hydrogen-bond donors (Lipinski definition) is 1. The monoisotopic (exact) mass is 204 g/mol. The van der Waals surface area contributed by atoms with Gasteiger partial charge in [-0.05, 0) is 12.3 Å². The first-order chi connectivity index (χ1) is 5.45. The Labute approximate surface area is 87.9 Å². The quantitative estimate of drug-likeness (QED) is 0.699. The van der Waals surface area contributed by atoms with Crippen LogP contribution in [0.25, 0.3) is 0 Å². The van der Waals surface area contributed by atoms with Crippen LogP contribution in [0.5, 0.6) is 0 Å². The van der Waals surface area contributed by atoms with E-state index >= 15 is 0 Å². The van der Waals surface area contributed by atoms with Gasteiger partial charge in [0.1, 0.15) is 0 Å². The SMILES string of the molecule is Cl.[B]C(CCCC)(C(=O)O)C(C)C. The van der Waals surface area contributed by atoms with E-state index in [1.165, 1.54) is 0 Å². The van der Waals surface area contributed by atoms with Crippen LogP contribution in [0.2, 0.25) is 5.31 Å². The second kappa shape index (κ2) is 6.30. The molecule has 0 aliphatic rings. The highest BCUT2D eigenvalue weighted by molar-refractivity contribution is 6.26. The standard InChI is InChI=1S/C9H17BO2.ClH/c1-4-5-6-9(10,7(2)3)8(11)12;/h7H,4-6H2,1-3H3,(H,11,12);1H. The molecular formula is C9H18BClO2. The van der Waals surface area contributed by atoms with Crippen LogP contribution in [0.4, 0.5) is 0 Å². The van der Waals surface area contributed by atoms with Crippen LogP contribution in [0.15, 0.2) is 0 Å². The largest absolute Gasteiger partial charge is 0.481 e. The van der Waals surface area contributed by atoms with E-state index in [-0.39, 0.29) is 18.3 Å². The van der Waals surface area contributed by atoms with Gasteiger partial charge in [-0.1, -0.05) is 33.6 Å². The van der Waals surface area contributed by atoms with Crippen molar-refractivity contribution in [2.45, 2.75) is 45.3 Å². The number of carboxylic acid groups (broad SMARTS) is 1. The van der Waals surface area contributed by atoms with E-state index in [2.05, 4.69) is 0 Å². The third kappa shape index (κ3) is 4.03. The highest BCUT2D eigenvalue weighted by atomic mass is 35.5. The highest BCUT2D eigenvalue weighted by Crippen LogP contribution is 2.37. The van der Waals surface area contributed by atoms with Gasteiger partial charge in [-0.3, -0.25) is 4.79 Å². The van der Waals surface area contributed by atoms with Crippen molar-refractivity contribution < 1.29 is 9.90 Å². The number of hydrogen-bond acceptors (Lipinski definition) is 1. The predicted molar refractivity (Wildman–Crippen MR) is 57.7 cm³/mol. The zero-order valence-corrected chi connectivity index (χ0v) is 9.36. The summed E-state index contributed by atoms with van der Waals surface area (Å²) in [5, 5.41) is 7.87. The van der Waals surface area contributed by atoms with E-state index in [4.69, 9.17) is 13.0 Å². The number of halogens is 1. The van der Waals surface area contributed by atoms with E-state index in [9.17, 15) is 4.79 Å². The maximum atomic E-state index is 10.8. The van der Waals surface area contributed by atoms with Gasteiger partial charge in [0.25, 0.3) is 0 Å². The number of carbonyl (C=O) groups is 1. The van der Waals surface area contributed by atoms with Crippen molar-refractivity contribution in [3.63, 3.8) is 0 Å². The minimum absolute atomic E-state index is 0. The molecule has 2 nitrogen and oxygen atoms in total. The summed E-state index contributed by atoms with van der Waals surface area (Å²) < 4.78 is 0. The Hall–Kier alpha value is -0.175. The Bertz CT molecular complexity index is 162. The molecule has 0 spiro atoms. The molecule has 1 atom stereocenters. The van der Waals surface area contributed by atoms with Crippen LogP contribution in [0, 0.1) is 5.92 Å². The van der Waals surface area contributed by atoms with E-state index in [1.807, 2.05) is 20.8 Å². The molecule has 1 unspecified atom stereocenters. The van der Waals surface area contributed by atoms with E-state index < -0.39 is 11.3 Å². The summed E-state index contributed by atoms with van der Waals surface area (Å²) >= 11 is 0. The third-order valence-electron chi connectivity index (χ3n) is 2.37. The zero-order chi connectivity index (χ0) is 9.78. The molecule has 2 radical (unpaired) electrons. The molecular weight excluding hydrogens is 186 g/mol. The number of aliphatic carboxylic acids is 1. The average molecular weight is 205 g/mol. The molecule has 0 rings (SSSR count). The number of unbranched alkanes of at least 4 members (excludes halogenated alkanes) is 1. The molecule has 0 heterocycles. The van der Waals surface area contributed by atoms with Gasteiger partial charge in [-0.2, -0.15) is 0 Å². The van der Waals surface area contributed by atoms with Crippen molar-refractivity contribution in [3.05, 3.63) is 0 Å². The molecule has 0 aromatic heterocycles. The fourth-order valence-corrected chi connectivity index (χ4v) is 1.11. The van der Waals surface area contributed by atoms with Gasteiger partial charge in [0.05, 0.1) is 7.85 Å². The molecule has 0 aromatic carbocycles. The molecule has 0 saturated heterocycles. The Morgan fingerprint density at radius 1 is 1.54 bits per heavy atom. The van der Waals surface area contributed by atoms with Gasteiger partial charge in [-0.25, -0.2) is 0 Å². The average Bonchev–Trinajstić information content (AvgIpc) is 1.99. The van der Waals surface area contributed by atoms with Crippen molar-refractivity contribution in [1.29, 1.82) is 0 Å². The first-order valence-corrected chi connectivity index (χ1v) is 4.47. The predicted octanol–water partition coefficient (Wildman–Crippen LogP) is 2.67. The summed E-state index contributed by atoms with van der Waals surface area (Å²) in [6, 6.07) is 0. The lowest BCUT2D eigenvalue weighted by Crippen LogP contribution is -2.29. The maximum absolute atomic E-state index is 10.8. The van der Waals surface area contributed by atoms with Crippen LogP contribution in [-0.2, 0) is 4.79 Å². The van der Waals surface area contributed by atoms with Crippen molar-refractivity contribution in [1.82, 2.24) is 0 Å². The van der Waals surface area contributed by atoms with Crippen LogP contribution < -0.4 is 0 Å². The third-order valence-corrected chi connectivity index (χ3v) is 2.37. The summed E-state index contributed by atoms with van der Waals surface area (Å²) in [7, 11) is 5.77. The van der Waals surface area contributed by atoms with Gasteiger partial charge in [-0.15, -0.1) is 12.4 Å². The summed E-state index contributed by atoms with van der Waals surface area (Å²) in [6.45, 7) is 5.73. The summed E-state index contributed by atoms with van der Waals surface area (Å²) in [4.78, 5) is 10.8. The Morgan fingerprint density at radius 3 is 2.23 bits per heavy atom. The lowest BCUT2D eigenvalue weighted by Gasteiger charge is -2.29. The van der Waals surface area contributed by atoms with Crippen molar-refractivity contribution in [2.75, 3.05) is 0 Å². The summed E-state index contributed by atoms with van der Waals surface area (Å²) in [5.74, 6) is -0.896.